The maximum Gasteiger partial charge on any atom is 0.253 e. The van der Waals surface area contributed by atoms with Gasteiger partial charge in [-0.25, -0.2) is 0 Å². The molecule has 21 heteroatoms. The SMILES string of the molecule is O=C(CCN1C(=O)C=CC1=O)NCCCOCCOCC(COCCOCCCNC(=O)CCN1C(=O)C=CC1=O)OCCOCNC(=O)CCN1C(=O)C=CC1=O. The summed E-state index contributed by atoms with van der Waals surface area (Å²) in [6.07, 6.45) is 7.56. The molecule has 0 aromatic carbocycles. The van der Waals surface area contributed by atoms with Gasteiger partial charge in [-0.05, 0) is 12.8 Å². The lowest BCUT2D eigenvalue weighted by Crippen LogP contribution is -2.35. The topological polar surface area (TPSA) is 255 Å². The van der Waals surface area contributed by atoms with Crippen molar-refractivity contribution in [3.63, 3.8) is 0 Å². The number of hydrogen-bond acceptors (Lipinski definition) is 15. The average Bonchev–Trinajstić information content (AvgIpc) is 3.83. The van der Waals surface area contributed by atoms with Crippen molar-refractivity contribution in [2.75, 3.05) is 106 Å². The summed E-state index contributed by atoms with van der Waals surface area (Å²) in [4.78, 5) is 108. The standard InChI is InChI=1S/C37H52N6O15/c44-29(9-14-41-32(47)3-4-33(41)48)38-12-1-17-53-19-21-55-25-28(58-24-23-57-27-40-31(46)11-16-43-36(51)7-8-37(43)52)26-56-22-20-54-18-2-13-39-30(45)10-15-42-34(49)5-6-35(42)50/h3-8,28H,1-2,9-27H2,(H,38,44)(H,39,45)(H,40,46). The minimum atomic E-state index is -0.475. The van der Waals surface area contributed by atoms with Crippen LogP contribution in [0.25, 0.3) is 0 Å². The van der Waals surface area contributed by atoms with Crippen LogP contribution in [-0.2, 0) is 71.6 Å². The van der Waals surface area contributed by atoms with Gasteiger partial charge < -0.3 is 44.4 Å². The van der Waals surface area contributed by atoms with Gasteiger partial charge in [0.05, 0.1) is 52.9 Å². The monoisotopic (exact) mass is 820 g/mol. The molecule has 58 heavy (non-hydrogen) atoms. The van der Waals surface area contributed by atoms with Crippen LogP contribution in [0.1, 0.15) is 32.1 Å². The quantitative estimate of drug-likeness (QED) is 0.0351. The fourth-order valence-electron chi connectivity index (χ4n) is 5.15. The second kappa shape index (κ2) is 27.4. The van der Waals surface area contributed by atoms with Crippen molar-refractivity contribution in [3.8, 4) is 0 Å². The zero-order valence-corrected chi connectivity index (χ0v) is 32.4. The predicted molar refractivity (Wildman–Crippen MR) is 199 cm³/mol. The van der Waals surface area contributed by atoms with Gasteiger partial charge in [0.2, 0.25) is 17.7 Å². The largest absolute Gasteiger partial charge is 0.379 e. The molecule has 0 aliphatic carbocycles. The summed E-state index contributed by atoms with van der Waals surface area (Å²) >= 11 is 0. The highest BCUT2D eigenvalue weighted by atomic mass is 16.6. The van der Waals surface area contributed by atoms with Crippen molar-refractivity contribution in [1.82, 2.24) is 30.7 Å². The first-order valence-electron chi connectivity index (χ1n) is 19.0. The molecule has 3 aliphatic heterocycles. The van der Waals surface area contributed by atoms with E-state index in [1.807, 2.05) is 0 Å². The van der Waals surface area contributed by atoms with Crippen LogP contribution in [0.3, 0.4) is 0 Å². The molecule has 3 aliphatic rings. The molecule has 9 amide bonds. The Balaban J connectivity index is 1.22. The van der Waals surface area contributed by atoms with E-state index < -0.39 is 47.5 Å². The van der Waals surface area contributed by atoms with Crippen molar-refractivity contribution in [2.24, 2.45) is 0 Å². The molecule has 0 bridgehead atoms. The summed E-state index contributed by atoms with van der Waals surface area (Å²) < 4.78 is 33.8. The van der Waals surface area contributed by atoms with Gasteiger partial charge in [0.25, 0.3) is 35.4 Å². The van der Waals surface area contributed by atoms with Crippen LogP contribution in [0, 0.1) is 0 Å². The van der Waals surface area contributed by atoms with Crippen LogP contribution in [-0.4, -0.2) is 179 Å². The van der Waals surface area contributed by atoms with Crippen molar-refractivity contribution in [3.05, 3.63) is 36.5 Å². The molecular formula is C37H52N6O15. The van der Waals surface area contributed by atoms with E-state index in [9.17, 15) is 43.2 Å². The van der Waals surface area contributed by atoms with Crippen LogP contribution >= 0.6 is 0 Å². The first kappa shape index (κ1) is 47.2. The van der Waals surface area contributed by atoms with E-state index in [0.717, 1.165) is 26.9 Å². The number of nitrogens with zero attached hydrogens (tertiary/aromatic N) is 3. The van der Waals surface area contributed by atoms with Crippen molar-refractivity contribution < 1.29 is 71.6 Å². The van der Waals surface area contributed by atoms with Crippen LogP contribution in [0.5, 0.6) is 0 Å². The minimum absolute atomic E-state index is 0.0127. The first-order valence-corrected chi connectivity index (χ1v) is 19.0. The zero-order chi connectivity index (χ0) is 42.0. The maximum atomic E-state index is 12.0. The number of ether oxygens (including phenoxy) is 6. The summed E-state index contributed by atoms with van der Waals surface area (Å²) in [5.41, 5.74) is 0. The lowest BCUT2D eigenvalue weighted by atomic mass is 10.3. The third-order valence-electron chi connectivity index (χ3n) is 8.27. The number of amides is 9. The second-order valence-electron chi connectivity index (χ2n) is 12.7. The smallest absolute Gasteiger partial charge is 0.253 e. The van der Waals surface area contributed by atoms with Gasteiger partial charge in [0.15, 0.2) is 0 Å². The molecule has 0 atom stereocenters. The third kappa shape index (κ3) is 18.8. The predicted octanol–water partition coefficient (Wildman–Crippen LogP) is -2.51. The zero-order valence-electron chi connectivity index (χ0n) is 32.4. The van der Waals surface area contributed by atoms with Crippen LogP contribution in [0.15, 0.2) is 36.5 Å². The molecule has 3 heterocycles. The van der Waals surface area contributed by atoms with Gasteiger partial charge in [0.1, 0.15) is 12.8 Å². The molecule has 3 N–H and O–H groups in total. The Hall–Kier alpha value is -5.19. The van der Waals surface area contributed by atoms with E-state index in [0.29, 0.717) is 39.1 Å². The first-order chi connectivity index (χ1) is 28.0. The van der Waals surface area contributed by atoms with Crippen molar-refractivity contribution in [2.45, 2.75) is 38.2 Å². The fourth-order valence-corrected chi connectivity index (χ4v) is 5.15. The Bertz CT molecular complexity index is 1400. The molecule has 0 aromatic rings. The van der Waals surface area contributed by atoms with Gasteiger partial charge in [-0.2, -0.15) is 0 Å². The maximum absolute atomic E-state index is 12.0. The number of carbonyl (C=O) groups is 9. The average molecular weight is 821 g/mol. The summed E-state index contributed by atoms with van der Waals surface area (Å²) in [6.45, 7) is 3.11. The Kier molecular flexibility index (Phi) is 22.3. The number of imide groups is 3. The highest BCUT2D eigenvalue weighted by Gasteiger charge is 2.25. The van der Waals surface area contributed by atoms with Gasteiger partial charge in [0, 0.05) is 102 Å². The lowest BCUT2D eigenvalue weighted by Gasteiger charge is -2.19. The Morgan fingerprint density at radius 1 is 0.448 bits per heavy atom. The number of carbonyl (C=O) groups excluding carboxylic acids is 9. The minimum Gasteiger partial charge on any atom is -0.379 e. The number of nitrogens with one attached hydrogen (secondary N) is 3. The summed E-state index contributed by atoms with van der Waals surface area (Å²) in [7, 11) is 0. The molecule has 21 nitrogen and oxygen atoms in total. The molecule has 0 unspecified atom stereocenters. The molecule has 3 rings (SSSR count). The van der Waals surface area contributed by atoms with E-state index >= 15 is 0 Å². The molecule has 0 spiro atoms. The third-order valence-corrected chi connectivity index (χ3v) is 8.27. The lowest BCUT2D eigenvalue weighted by molar-refractivity contribution is -0.139. The normalized spacial score (nSPS) is 14.9. The molecule has 0 radical (unpaired) electrons. The van der Waals surface area contributed by atoms with Crippen molar-refractivity contribution >= 4 is 53.2 Å². The summed E-state index contributed by atoms with van der Waals surface area (Å²) in [5, 5.41) is 7.99. The van der Waals surface area contributed by atoms with Gasteiger partial charge in [-0.3, -0.25) is 57.9 Å². The van der Waals surface area contributed by atoms with E-state index in [2.05, 4.69) is 16.0 Å². The summed E-state index contributed by atoms with van der Waals surface area (Å²) in [6, 6.07) is 0. The van der Waals surface area contributed by atoms with Crippen molar-refractivity contribution in [1.29, 1.82) is 0 Å². The second-order valence-corrected chi connectivity index (χ2v) is 12.7. The molecule has 0 saturated heterocycles. The van der Waals surface area contributed by atoms with E-state index in [-0.39, 0.29) is 110 Å². The number of hydrogen-bond donors (Lipinski definition) is 3. The number of rotatable bonds is 33. The van der Waals surface area contributed by atoms with Crippen LogP contribution in [0.2, 0.25) is 0 Å². The fraction of sp³-hybridized carbons (Fsp3) is 0.595. The van der Waals surface area contributed by atoms with Gasteiger partial charge in [-0.1, -0.05) is 0 Å². The molecular weight excluding hydrogens is 768 g/mol. The Labute approximate surface area is 335 Å². The molecule has 0 fully saturated rings. The van der Waals surface area contributed by atoms with E-state index in [1.165, 1.54) is 24.3 Å². The van der Waals surface area contributed by atoms with Gasteiger partial charge >= 0.3 is 0 Å². The van der Waals surface area contributed by atoms with Crippen LogP contribution < -0.4 is 16.0 Å². The molecule has 320 valence electrons. The highest BCUT2D eigenvalue weighted by Crippen LogP contribution is 2.06. The highest BCUT2D eigenvalue weighted by molar-refractivity contribution is 6.14. The Morgan fingerprint density at radius 2 is 0.793 bits per heavy atom. The van der Waals surface area contributed by atoms with E-state index in [1.54, 1.807) is 0 Å². The summed E-state index contributed by atoms with van der Waals surface area (Å²) in [5.74, 6) is -3.59. The molecule has 0 aromatic heterocycles. The Morgan fingerprint density at radius 3 is 1.19 bits per heavy atom. The van der Waals surface area contributed by atoms with Crippen LogP contribution in [0.4, 0.5) is 0 Å². The molecule has 0 saturated carbocycles. The van der Waals surface area contributed by atoms with E-state index in [4.69, 9.17) is 28.4 Å². The van der Waals surface area contributed by atoms with Gasteiger partial charge in [-0.15, -0.1) is 0 Å².